The summed E-state index contributed by atoms with van der Waals surface area (Å²) in [7, 11) is 0. The van der Waals surface area contributed by atoms with E-state index in [1.807, 2.05) is 41.9 Å². The van der Waals surface area contributed by atoms with Gasteiger partial charge in [0.15, 0.2) is 22.3 Å². The standard InChI is InChI=1S/C24H20FN7OS2/c1-14-10-22(32-21(28-14)9-15(2)31-32)35-19-11-20(33-18-5-3-16(25)4-6-18)23(27-12-19)30-24-29-17(7-8-26)13-34-24/h3-13H,26H2,1-2H3,(H,27,29,30)/b8-7+. The first kappa shape index (κ1) is 22.8. The van der Waals surface area contributed by atoms with E-state index in [0.29, 0.717) is 22.4 Å². The van der Waals surface area contributed by atoms with Gasteiger partial charge in [-0.25, -0.2) is 23.9 Å². The number of rotatable bonds is 7. The van der Waals surface area contributed by atoms with Gasteiger partial charge in [-0.2, -0.15) is 5.10 Å². The molecule has 4 heterocycles. The van der Waals surface area contributed by atoms with Crippen LogP contribution in [0.4, 0.5) is 15.3 Å². The van der Waals surface area contributed by atoms with Gasteiger partial charge in [-0.15, -0.1) is 11.3 Å². The Morgan fingerprint density at radius 1 is 1.11 bits per heavy atom. The van der Waals surface area contributed by atoms with E-state index in [1.165, 1.54) is 41.4 Å². The first-order valence-electron chi connectivity index (χ1n) is 10.5. The molecule has 0 saturated heterocycles. The van der Waals surface area contributed by atoms with Crippen LogP contribution in [0.25, 0.3) is 11.7 Å². The van der Waals surface area contributed by atoms with E-state index in [2.05, 4.69) is 25.4 Å². The van der Waals surface area contributed by atoms with Crippen LogP contribution in [0, 0.1) is 19.7 Å². The quantitative estimate of drug-likeness (QED) is 0.262. The maximum absolute atomic E-state index is 13.4. The summed E-state index contributed by atoms with van der Waals surface area (Å²) in [6.07, 6.45) is 4.89. The zero-order valence-electron chi connectivity index (χ0n) is 18.8. The van der Waals surface area contributed by atoms with Gasteiger partial charge >= 0.3 is 0 Å². The maximum Gasteiger partial charge on any atom is 0.188 e. The number of halogens is 1. The molecule has 0 saturated carbocycles. The average molecular weight is 506 g/mol. The number of pyridine rings is 1. The van der Waals surface area contributed by atoms with Crippen molar-refractivity contribution in [2.75, 3.05) is 5.32 Å². The molecule has 0 aliphatic rings. The highest BCUT2D eigenvalue weighted by Crippen LogP contribution is 2.37. The van der Waals surface area contributed by atoms with Crippen molar-refractivity contribution in [2.45, 2.75) is 23.8 Å². The van der Waals surface area contributed by atoms with Crippen LogP contribution < -0.4 is 15.8 Å². The number of benzene rings is 1. The molecule has 0 spiro atoms. The van der Waals surface area contributed by atoms with Crippen molar-refractivity contribution in [2.24, 2.45) is 5.73 Å². The minimum atomic E-state index is -0.340. The zero-order chi connectivity index (χ0) is 24.4. The summed E-state index contributed by atoms with van der Waals surface area (Å²) in [5.41, 5.74) is 8.75. The Labute approximate surface area is 208 Å². The van der Waals surface area contributed by atoms with Crippen molar-refractivity contribution in [1.82, 2.24) is 24.6 Å². The van der Waals surface area contributed by atoms with E-state index >= 15 is 0 Å². The third-order valence-corrected chi connectivity index (χ3v) is 6.49. The number of nitrogens with one attached hydrogen (secondary N) is 1. The van der Waals surface area contributed by atoms with Crippen molar-refractivity contribution < 1.29 is 9.13 Å². The Morgan fingerprint density at radius 3 is 2.74 bits per heavy atom. The van der Waals surface area contributed by atoms with Crippen LogP contribution in [0.3, 0.4) is 0 Å². The van der Waals surface area contributed by atoms with Crippen LogP contribution in [-0.4, -0.2) is 24.6 Å². The normalized spacial score (nSPS) is 11.4. The van der Waals surface area contributed by atoms with Crippen LogP contribution in [0.1, 0.15) is 17.1 Å². The number of aromatic nitrogens is 5. The molecule has 35 heavy (non-hydrogen) atoms. The molecule has 5 rings (SSSR count). The molecule has 1 aromatic carbocycles. The number of nitrogens with two attached hydrogens (primary N) is 1. The highest BCUT2D eigenvalue weighted by molar-refractivity contribution is 7.99. The minimum absolute atomic E-state index is 0.340. The van der Waals surface area contributed by atoms with Crippen molar-refractivity contribution in [1.29, 1.82) is 0 Å². The smallest absolute Gasteiger partial charge is 0.188 e. The Hall–Kier alpha value is -3.96. The van der Waals surface area contributed by atoms with Crippen LogP contribution in [0.2, 0.25) is 0 Å². The van der Waals surface area contributed by atoms with Gasteiger partial charge < -0.3 is 15.8 Å². The first-order valence-corrected chi connectivity index (χ1v) is 12.2. The lowest BCUT2D eigenvalue weighted by Gasteiger charge is -2.13. The molecule has 11 heteroatoms. The van der Waals surface area contributed by atoms with Gasteiger partial charge in [0.2, 0.25) is 0 Å². The molecule has 0 aliphatic carbocycles. The van der Waals surface area contributed by atoms with Gasteiger partial charge in [-0.05, 0) is 56.5 Å². The number of hydrogen-bond acceptors (Lipinski definition) is 9. The molecule has 0 bridgehead atoms. The van der Waals surface area contributed by atoms with E-state index in [1.54, 1.807) is 24.4 Å². The number of fused-ring (bicyclic) bond motifs is 1. The number of aryl methyl sites for hydroxylation is 2. The predicted octanol–water partition coefficient (Wildman–Crippen LogP) is 5.95. The summed E-state index contributed by atoms with van der Waals surface area (Å²) in [6, 6.07) is 11.6. The van der Waals surface area contributed by atoms with E-state index < -0.39 is 0 Å². The number of anilines is 2. The molecular formula is C24H20FN7OS2. The molecule has 0 atom stereocenters. The predicted molar refractivity (Wildman–Crippen MR) is 136 cm³/mol. The van der Waals surface area contributed by atoms with Crippen molar-refractivity contribution in [3.63, 3.8) is 0 Å². The lowest BCUT2D eigenvalue weighted by molar-refractivity contribution is 0.479. The number of hydrogen-bond donors (Lipinski definition) is 2. The first-order chi connectivity index (χ1) is 17.0. The summed E-state index contributed by atoms with van der Waals surface area (Å²) in [5.74, 6) is 1.08. The molecule has 176 valence electrons. The number of thiazole rings is 1. The Balaban J connectivity index is 1.50. The largest absolute Gasteiger partial charge is 0.453 e. The van der Waals surface area contributed by atoms with Crippen LogP contribution in [0.5, 0.6) is 11.5 Å². The number of nitrogens with zero attached hydrogens (tertiary/aromatic N) is 5. The summed E-state index contributed by atoms with van der Waals surface area (Å²) >= 11 is 2.91. The fraction of sp³-hybridized carbons (Fsp3) is 0.0833. The topological polar surface area (TPSA) is 103 Å². The van der Waals surface area contributed by atoms with Gasteiger partial charge in [-0.1, -0.05) is 11.8 Å². The van der Waals surface area contributed by atoms with E-state index in [-0.39, 0.29) is 5.82 Å². The average Bonchev–Trinajstić information content (AvgIpc) is 3.42. The number of ether oxygens (including phenoxy) is 1. The van der Waals surface area contributed by atoms with Crippen molar-refractivity contribution in [3.05, 3.63) is 83.1 Å². The summed E-state index contributed by atoms with van der Waals surface area (Å²) in [5, 5.41) is 11.2. The molecular weight excluding hydrogens is 485 g/mol. The Bertz CT molecular complexity index is 1530. The maximum atomic E-state index is 13.4. The Morgan fingerprint density at radius 2 is 1.94 bits per heavy atom. The molecule has 0 amide bonds. The van der Waals surface area contributed by atoms with Crippen LogP contribution in [0.15, 0.2) is 70.2 Å². The molecule has 4 aromatic heterocycles. The fourth-order valence-electron chi connectivity index (χ4n) is 3.28. The van der Waals surface area contributed by atoms with Gasteiger partial charge in [0.1, 0.15) is 16.6 Å². The van der Waals surface area contributed by atoms with Gasteiger partial charge in [-0.3, -0.25) is 0 Å². The minimum Gasteiger partial charge on any atom is -0.453 e. The lowest BCUT2D eigenvalue weighted by atomic mass is 10.3. The fourth-order valence-corrected chi connectivity index (χ4v) is 4.92. The second-order valence-corrected chi connectivity index (χ2v) is 9.48. The summed E-state index contributed by atoms with van der Waals surface area (Å²) in [6.45, 7) is 3.88. The molecule has 0 aliphatic heterocycles. The third-order valence-electron chi connectivity index (χ3n) is 4.75. The monoisotopic (exact) mass is 505 g/mol. The molecule has 5 aromatic rings. The zero-order valence-corrected chi connectivity index (χ0v) is 20.4. The van der Waals surface area contributed by atoms with Gasteiger partial charge in [0, 0.05) is 34.3 Å². The van der Waals surface area contributed by atoms with E-state index in [4.69, 9.17) is 10.5 Å². The second-order valence-electron chi connectivity index (χ2n) is 7.53. The van der Waals surface area contributed by atoms with Crippen LogP contribution >= 0.6 is 23.1 Å². The second kappa shape index (κ2) is 9.72. The van der Waals surface area contributed by atoms with E-state index in [9.17, 15) is 4.39 Å². The molecule has 3 N–H and O–H groups in total. The highest BCUT2D eigenvalue weighted by atomic mass is 32.2. The molecule has 0 unspecified atom stereocenters. The lowest BCUT2D eigenvalue weighted by Crippen LogP contribution is -1.99. The van der Waals surface area contributed by atoms with E-state index in [0.717, 1.165) is 32.7 Å². The molecule has 0 radical (unpaired) electrons. The van der Waals surface area contributed by atoms with Crippen molar-refractivity contribution in [3.8, 4) is 11.5 Å². The SMILES string of the molecule is Cc1cc(Sc2cnc(Nc3nc(/C=C/N)cs3)c(Oc3ccc(F)cc3)c2)n2nc(C)cc2n1. The Kier molecular flexibility index (Phi) is 6.34. The summed E-state index contributed by atoms with van der Waals surface area (Å²) < 4.78 is 21.3. The van der Waals surface area contributed by atoms with Crippen LogP contribution in [-0.2, 0) is 0 Å². The molecule has 8 nitrogen and oxygen atoms in total. The van der Waals surface area contributed by atoms with Crippen molar-refractivity contribution >= 4 is 45.8 Å². The molecule has 0 fully saturated rings. The van der Waals surface area contributed by atoms with Gasteiger partial charge in [0.25, 0.3) is 0 Å². The summed E-state index contributed by atoms with van der Waals surface area (Å²) in [4.78, 5) is 14.4. The highest BCUT2D eigenvalue weighted by Gasteiger charge is 2.14. The van der Waals surface area contributed by atoms with Gasteiger partial charge in [0.05, 0.1) is 11.4 Å². The third kappa shape index (κ3) is 5.26.